The van der Waals surface area contributed by atoms with Gasteiger partial charge in [0.15, 0.2) is 0 Å². The second kappa shape index (κ2) is 9.26. The van der Waals surface area contributed by atoms with Crippen LogP contribution < -0.4 is 15.6 Å². The minimum absolute atomic E-state index is 0.195. The molecule has 0 saturated heterocycles. The fourth-order valence-corrected chi connectivity index (χ4v) is 4.80. The first-order valence-corrected chi connectivity index (χ1v) is 11.6. The van der Waals surface area contributed by atoms with Crippen molar-refractivity contribution in [3.8, 4) is 28.7 Å². The van der Waals surface area contributed by atoms with Gasteiger partial charge in [-0.2, -0.15) is 0 Å². The first-order valence-electron chi connectivity index (χ1n) is 10.7. The Labute approximate surface area is 200 Å². The number of thiophene rings is 1. The minimum Gasteiger partial charge on any atom is -0.497 e. The normalized spacial score (nSPS) is 10.6. The molecular weight excluding hydrogens is 444 g/mol. The van der Waals surface area contributed by atoms with Gasteiger partial charge in [-0.1, -0.05) is 42.2 Å². The molecular formula is C28H20N2O3S. The first-order chi connectivity index (χ1) is 16.7. The van der Waals surface area contributed by atoms with E-state index >= 15 is 0 Å². The number of aromatic nitrogens is 1. The summed E-state index contributed by atoms with van der Waals surface area (Å²) in [7, 11) is 1.59. The number of hydrogen-bond donors (Lipinski definition) is 1. The Bertz CT molecular complexity index is 1640. The maximum absolute atomic E-state index is 13.5. The number of nitrogens with zero attached hydrogens (tertiary/aromatic N) is 1. The van der Waals surface area contributed by atoms with E-state index in [0.29, 0.717) is 16.9 Å². The monoisotopic (exact) mass is 464 g/mol. The fraction of sp³-hybridized carbons (Fsp3) is 0.0714. The van der Waals surface area contributed by atoms with Crippen molar-refractivity contribution >= 4 is 32.8 Å². The van der Waals surface area contributed by atoms with Crippen molar-refractivity contribution in [3.05, 3.63) is 106 Å². The summed E-state index contributed by atoms with van der Waals surface area (Å²) in [5.41, 5.74) is 3.19. The molecule has 0 aliphatic carbocycles. The lowest BCUT2D eigenvalue weighted by Gasteiger charge is -2.10. The number of ether oxygens (including phenoxy) is 1. The second-order valence-corrected chi connectivity index (χ2v) is 8.51. The topological polar surface area (TPSA) is 59.8 Å². The van der Waals surface area contributed by atoms with Gasteiger partial charge >= 0.3 is 0 Å². The number of fused-ring (bicyclic) bond motifs is 3. The van der Waals surface area contributed by atoms with Crippen LogP contribution in [0.5, 0.6) is 5.75 Å². The standard InChI is InChI=1S/C28H20N2O3S/c1-33-21-11-5-10-20(17-21)22-12-13-25-26-23(14-16-34-26)24(18-30(25)28(22)32)27(31)29-15-6-9-19-7-3-2-4-8-19/h2-5,7-8,10-14,16-18H,15H2,1H3,(H,29,31). The van der Waals surface area contributed by atoms with Gasteiger partial charge in [-0.15, -0.1) is 11.3 Å². The van der Waals surface area contributed by atoms with Gasteiger partial charge in [0.05, 0.1) is 29.4 Å². The maximum atomic E-state index is 13.5. The zero-order valence-corrected chi connectivity index (χ0v) is 19.2. The summed E-state index contributed by atoms with van der Waals surface area (Å²) < 4.78 is 7.75. The van der Waals surface area contributed by atoms with Crippen LogP contribution in [0.4, 0.5) is 0 Å². The van der Waals surface area contributed by atoms with E-state index in [2.05, 4.69) is 17.2 Å². The molecule has 0 atom stereocenters. The van der Waals surface area contributed by atoms with E-state index in [1.807, 2.05) is 78.2 Å². The third-order valence-electron chi connectivity index (χ3n) is 5.53. The molecule has 2 aromatic carbocycles. The molecule has 0 unspecified atom stereocenters. The number of rotatable bonds is 4. The van der Waals surface area contributed by atoms with Gasteiger partial charge in [-0.25, -0.2) is 0 Å². The van der Waals surface area contributed by atoms with Crippen molar-refractivity contribution < 1.29 is 9.53 Å². The van der Waals surface area contributed by atoms with Crippen LogP contribution in [0.15, 0.2) is 89.2 Å². The second-order valence-electron chi connectivity index (χ2n) is 7.60. The lowest BCUT2D eigenvalue weighted by atomic mass is 10.1. The molecule has 0 aliphatic rings. The zero-order chi connectivity index (χ0) is 23.5. The summed E-state index contributed by atoms with van der Waals surface area (Å²) in [4.78, 5) is 26.5. The maximum Gasteiger partial charge on any atom is 0.263 e. The minimum atomic E-state index is -0.272. The van der Waals surface area contributed by atoms with Crippen molar-refractivity contribution in [2.24, 2.45) is 0 Å². The van der Waals surface area contributed by atoms with Crippen molar-refractivity contribution in [2.75, 3.05) is 13.7 Å². The van der Waals surface area contributed by atoms with Crippen LogP contribution in [-0.2, 0) is 0 Å². The molecule has 0 saturated carbocycles. The average Bonchev–Trinajstić information content (AvgIpc) is 3.37. The van der Waals surface area contributed by atoms with Crippen molar-refractivity contribution in [1.82, 2.24) is 9.72 Å². The predicted molar refractivity (Wildman–Crippen MR) is 137 cm³/mol. The first kappa shape index (κ1) is 21.5. The van der Waals surface area contributed by atoms with Gasteiger partial charge in [0.25, 0.3) is 11.5 Å². The summed E-state index contributed by atoms with van der Waals surface area (Å²) in [6.45, 7) is 0.205. The lowest BCUT2D eigenvalue weighted by molar-refractivity contribution is 0.0960. The van der Waals surface area contributed by atoms with E-state index in [1.165, 1.54) is 11.3 Å². The van der Waals surface area contributed by atoms with E-state index in [1.54, 1.807) is 17.7 Å². The van der Waals surface area contributed by atoms with E-state index in [-0.39, 0.29) is 18.0 Å². The van der Waals surface area contributed by atoms with Gasteiger partial charge in [0, 0.05) is 22.7 Å². The number of pyridine rings is 2. The molecule has 0 aliphatic heterocycles. The Kier molecular flexibility index (Phi) is 5.86. The van der Waals surface area contributed by atoms with Crippen LogP contribution in [0.25, 0.3) is 26.7 Å². The molecule has 0 spiro atoms. The summed E-state index contributed by atoms with van der Waals surface area (Å²) in [6.07, 6.45) is 1.62. The van der Waals surface area contributed by atoms with E-state index in [9.17, 15) is 9.59 Å². The number of methoxy groups -OCH3 is 1. The number of nitrogens with one attached hydrogen (secondary N) is 1. The van der Waals surface area contributed by atoms with E-state index < -0.39 is 0 Å². The number of benzene rings is 2. The summed E-state index contributed by atoms with van der Waals surface area (Å²) in [5.74, 6) is 6.41. The molecule has 5 rings (SSSR count). The molecule has 3 aromatic heterocycles. The largest absolute Gasteiger partial charge is 0.497 e. The quantitative estimate of drug-likeness (QED) is 0.382. The molecule has 3 heterocycles. The zero-order valence-electron chi connectivity index (χ0n) is 18.4. The highest BCUT2D eigenvalue weighted by molar-refractivity contribution is 7.18. The third kappa shape index (κ3) is 4.05. The molecule has 0 radical (unpaired) electrons. The molecule has 1 amide bonds. The number of amides is 1. The molecule has 1 N–H and O–H groups in total. The summed E-state index contributed by atoms with van der Waals surface area (Å²) >= 11 is 1.50. The smallest absolute Gasteiger partial charge is 0.263 e. The SMILES string of the molecule is COc1cccc(-c2ccc3c4sccc4c(C(=O)NCC#Cc4ccccc4)cn3c2=O)c1. The molecule has 0 bridgehead atoms. The van der Waals surface area contributed by atoms with Crippen molar-refractivity contribution in [2.45, 2.75) is 0 Å². The van der Waals surface area contributed by atoms with E-state index in [4.69, 9.17) is 4.74 Å². The highest BCUT2D eigenvalue weighted by Crippen LogP contribution is 2.30. The molecule has 0 fully saturated rings. The number of carbonyl (C=O) groups is 1. The Hall–Kier alpha value is -4.34. The van der Waals surface area contributed by atoms with Crippen molar-refractivity contribution in [1.29, 1.82) is 0 Å². The highest BCUT2D eigenvalue weighted by Gasteiger charge is 2.16. The van der Waals surface area contributed by atoms with Crippen LogP contribution >= 0.6 is 11.3 Å². The van der Waals surface area contributed by atoms with Crippen LogP contribution in [0.2, 0.25) is 0 Å². The van der Waals surface area contributed by atoms with Crippen LogP contribution in [0.1, 0.15) is 15.9 Å². The van der Waals surface area contributed by atoms with Gasteiger partial charge in [-0.05, 0) is 53.4 Å². The number of hydrogen-bond acceptors (Lipinski definition) is 4. The van der Waals surface area contributed by atoms with Crippen molar-refractivity contribution in [3.63, 3.8) is 0 Å². The Morgan fingerprint density at radius 2 is 1.91 bits per heavy atom. The molecule has 5 nitrogen and oxygen atoms in total. The predicted octanol–water partition coefficient (Wildman–Crippen LogP) is 4.97. The lowest BCUT2D eigenvalue weighted by Crippen LogP contribution is -2.25. The van der Waals surface area contributed by atoms with Crippen LogP contribution in [0.3, 0.4) is 0 Å². The molecule has 6 heteroatoms. The Balaban J connectivity index is 1.53. The van der Waals surface area contributed by atoms with Gasteiger partial charge in [-0.3, -0.25) is 14.0 Å². The molecule has 34 heavy (non-hydrogen) atoms. The van der Waals surface area contributed by atoms with Gasteiger partial charge in [0.1, 0.15) is 5.75 Å². The fourth-order valence-electron chi connectivity index (χ4n) is 3.86. The average molecular weight is 465 g/mol. The third-order valence-corrected chi connectivity index (χ3v) is 6.47. The van der Waals surface area contributed by atoms with Gasteiger partial charge < -0.3 is 10.1 Å². The van der Waals surface area contributed by atoms with Gasteiger partial charge in [0.2, 0.25) is 0 Å². The molecule has 166 valence electrons. The molecule has 5 aromatic rings. The summed E-state index contributed by atoms with van der Waals surface area (Å²) in [5, 5.41) is 5.60. The summed E-state index contributed by atoms with van der Waals surface area (Å²) in [6, 6.07) is 22.6. The van der Waals surface area contributed by atoms with Crippen LogP contribution in [0, 0.1) is 11.8 Å². The highest BCUT2D eigenvalue weighted by atomic mass is 32.1. The Morgan fingerprint density at radius 3 is 2.74 bits per heavy atom. The van der Waals surface area contributed by atoms with E-state index in [0.717, 1.165) is 26.7 Å². The Morgan fingerprint density at radius 1 is 1.06 bits per heavy atom. The van der Waals surface area contributed by atoms with Crippen LogP contribution in [-0.4, -0.2) is 24.0 Å². The number of carbonyl (C=O) groups excluding carboxylic acids is 1.